The first-order valence-corrected chi connectivity index (χ1v) is 10.7. The number of nitrogens with one attached hydrogen (secondary N) is 1. The second-order valence-electron chi connectivity index (χ2n) is 5.50. The van der Waals surface area contributed by atoms with Gasteiger partial charge in [0.2, 0.25) is 10.0 Å². The molecule has 0 radical (unpaired) electrons. The Bertz CT molecular complexity index is 1090. The highest BCUT2D eigenvalue weighted by Crippen LogP contribution is 2.25. The van der Waals surface area contributed by atoms with Crippen molar-refractivity contribution in [1.29, 1.82) is 0 Å². The average molecular weight is 376 g/mol. The number of hydrogen-bond donors (Lipinski definition) is 1. The summed E-state index contributed by atoms with van der Waals surface area (Å²) >= 11 is 0. The summed E-state index contributed by atoms with van der Waals surface area (Å²) in [5, 5.41) is 0. The molecular weight excluding hydrogens is 360 g/mol. The third-order valence-corrected chi connectivity index (χ3v) is 5.76. The summed E-state index contributed by atoms with van der Waals surface area (Å²) < 4.78 is 51.2. The van der Waals surface area contributed by atoms with Gasteiger partial charge in [0.1, 0.15) is 0 Å². The van der Waals surface area contributed by atoms with Gasteiger partial charge in [0, 0.05) is 18.1 Å². The van der Waals surface area contributed by atoms with Crippen molar-refractivity contribution in [2.75, 3.05) is 11.0 Å². The van der Waals surface area contributed by atoms with Gasteiger partial charge < -0.3 is 0 Å². The normalized spacial score (nSPS) is 12.0. The Morgan fingerprint density at radius 2 is 1.44 bits per heavy atom. The first-order valence-electron chi connectivity index (χ1n) is 7.32. The van der Waals surface area contributed by atoms with Crippen LogP contribution in [-0.2, 0) is 20.0 Å². The molecule has 0 atom stereocenters. The van der Waals surface area contributed by atoms with Gasteiger partial charge in [-0.15, -0.1) is 0 Å². The van der Waals surface area contributed by atoms with Crippen LogP contribution >= 0.6 is 0 Å². The van der Waals surface area contributed by atoms with E-state index in [-0.39, 0.29) is 4.90 Å². The number of rotatable bonds is 5. The molecule has 2 aromatic carbocycles. The molecule has 1 N–H and O–H groups in total. The van der Waals surface area contributed by atoms with Crippen molar-refractivity contribution in [3.8, 4) is 11.1 Å². The van der Waals surface area contributed by atoms with Crippen molar-refractivity contribution in [2.24, 2.45) is 0 Å². The van der Waals surface area contributed by atoms with Gasteiger partial charge in [-0.2, -0.15) is 0 Å². The number of hydrogen-bond acceptors (Lipinski definition) is 4. The van der Waals surface area contributed by atoms with E-state index in [4.69, 9.17) is 0 Å². The van der Waals surface area contributed by atoms with E-state index in [2.05, 4.69) is 4.72 Å². The van der Waals surface area contributed by atoms with Crippen LogP contribution in [0.15, 0.2) is 78.0 Å². The standard InChI is InChI=1S/C17H16N2O4S2/c1-24(20,21)18-16-9-7-14(8-10-16)15-5-4-6-17(13-15)25(22,23)19-11-2-3-12-19/h2-13,18H,1H3. The summed E-state index contributed by atoms with van der Waals surface area (Å²) in [7, 11) is -6.97. The summed E-state index contributed by atoms with van der Waals surface area (Å²) in [4.78, 5) is 0.180. The molecule has 0 spiro atoms. The maximum Gasteiger partial charge on any atom is 0.267 e. The minimum absolute atomic E-state index is 0.180. The highest BCUT2D eigenvalue weighted by atomic mass is 32.2. The van der Waals surface area contributed by atoms with Gasteiger partial charge in [-0.05, 0) is 47.5 Å². The number of sulfonamides is 1. The van der Waals surface area contributed by atoms with Crippen LogP contribution in [0.3, 0.4) is 0 Å². The Hall–Kier alpha value is -2.58. The molecule has 0 aliphatic rings. The molecule has 1 heterocycles. The molecule has 130 valence electrons. The molecule has 0 saturated carbocycles. The predicted molar refractivity (Wildman–Crippen MR) is 97.4 cm³/mol. The fourth-order valence-corrected chi connectivity index (χ4v) is 4.18. The van der Waals surface area contributed by atoms with E-state index in [1.165, 1.54) is 12.4 Å². The zero-order valence-electron chi connectivity index (χ0n) is 13.3. The van der Waals surface area contributed by atoms with Gasteiger partial charge in [-0.25, -0.2) is 20.8 Å². The van der Waals surface area contributed by atoms with Crippen LogP contribution in [0.2, 0.25) is 0 Å². The zero-order chi connectivity index (χ0) is 18.1. The van der Waals surface area contributed by atoms with E-state index in [0.717, 1.165) is 21.4 Å². The molecule has 0 bridgehead atoms. The Kier molecular flexibility index (Phi) is 4.40. The van der Waals surface area contributed by atoms with Crippen LogP contribution in [0.25, 0.3) is 11.1 Å². The third-order valence-electron chi connectivity index (χ3n) is 3.51. The fourth-order valence-electron chi connectivity index (χ4n) is 2.38. The van der Waals surface area contributed by atoms with Crippen molar-refractivity contribution in [3.63, 3.8) is 0 Å². The van der Waals surface area contributed by atoms with Gasteiger partial charge in [-0.3, -0.25) is 4.72 Å². The van der Waals surface area contributed by atoms with Crippen LogP contribution in [-0.4, -0.2) is 27.1 Å². The maximum atomic E-state index is 12.6. The molecule has 6 nitrogen and oxygen atoms in total. The minimum Gasteiger partial charge on any atom is -0.284 e. The molecule has 0 amide bonds. The lowest BCUT2D eigenvalue weighted by atomic mass is 10.1. The van der Waals surface area contributed by atoms with E-state index < -0.39 is 20.0 Å². The number of benzene rings is 2. The second-order valence-corrected chi connectivity index (χ2v) is 9.09. The van der Waals surface area contributed by atoms with E-state index in [1.54, 1.807) is 60.7 Å². The monoisotopic (exact) mass is 376 g/mol. The Labute approximate surface area is 146 Å². The molecule has 0 unspecified atom stereocenters. The fraction of sp³-hybridized carbons (Fsp3) is 0.0588. The van der Waals surface area contributed by atoms with Crippen LogP contribution in [0.5, 0.6) is 0 Å². The number of aromatic nitrogens is 1. The molecule has 8 heteroatoms. The summed E-state index contributed by atoms with van der Waals surface area (Å²) in [6, 6.07) is 16.6. The van der Waals surface area contributed by atoms with Gasteiger partial charge in [-0.1, -0.05) is 24.3 Å². The minimum atomic E-state index is -3.63. The van der Waals surface area contributed by atoms with Crippen LogP contribution < -0.4 is 4.72 Å². The van der Waals surface area contributed by atoms with Crippen LogP contribution in [0, 0.1) is 0 Å². The third kappa shape index (κ3) is 3.92. The molecule has 0 fully saturated rings. The van der Waals surface area contributed by atoms with Crippen molar-refractivity contribution in [2.45, 2.75) is 4.90 Å². The first-order chi connectivity index (χ1) is 11.8. The highest BCUT2D eigenvalue weighted by Gasteiger charge is 2.16. The molecule has 0 aliphatic heterocycles. The molecular formula is C17H16N2O4S2. The molecule has 0 aliphatic carbocycles. The number of anilines is 1. The van der Waals surface area contributed by atoms with E-state index >= 15 is 0 Å². The molecule has 25 heavy (non-hydrogen) atoms. The van der Waals surface area contributed by atoms with Crippen LogP contribution in [0.1, 0.15) is 0 Å². The van der Waals surface area contributed by atoms with E-state index in [9.17, 15) is 16.8 Å². The smallest absolute Gasteiger partial charge is 0.267 e. The lowest BCUT2D eigenvalue weighted by molar-refractivity contribution is 0.587. The number of nitrogens with zero attached hydrogens (tertiary/aromatic N) is 1. The molecule has 0 saturated heterocycles. The summed E-state index contributed by atoms with van der Waals surface area (Å²) in [5.74, 6) is 0. The lowest BCUT2D eigenvalue weighted by Gasteiger charge is -2.09. The zero-order valence-corrected chi connectivity index (χ0v) is 15.0. The van der Waals surface area contributed by atoms with Crippen molar-refractivity contribution in [3.05, 3.63) is 73.1 Å². The molecule has 3 rings (SSSR count). The Morgan fingerprint density at radius 1 is 0.800 bits per heavy atom. The van der Waals surface area contributed by atoms with Crippen molar-refractivity contribution in [1.82, 2.24) is 3.97 Å². The summed E-state index contributed by atoms with van der Waals surface area (Å²) in [6.45, 7) is 0. The Morgan fingerprint density at radius 3 is 2.04 bits per heavy atom. The summed E-state index contributed by atoms with van der Waals surface area (Å²) in [5.41, 5.74) is 1.95. The largest absolute Gasteiger partial charge is 0.284 e. The second kappa shape index (κ2) is 6.38. The van der Waals surface area contributed by atoms with Gasteiger partial charge >= 0.3 is 0 Å². The Balaban J connectivity index is 1.95. The first kappa shape index (κ1) is 17.2. The lowest BCUT2D eigenvalue weighted by Crippen LogP contribution is -2.10. The van der Waals surface area contributed by atoms with Gasteiger partial charge in [0.25, 0.3) is 10.0 Å². The topological polar surface area (TPSA) is 85.2 Å². The summed E-state index contributed by atoms with van der Waals surface area (Å²) in [6.07, 6.45) is 4.04. The SMILES string of the molecule is CS(=O)(=O)Nc1ccc(-c2cccc(S(=O)(=O)n3cccc3)c2)cc1. The molecule has 1 aromatic heterocycles. The van der Waals surface area contributed by atoms with Crippen molar-refractivity contribution < 1.29 is 16.8 Å². The highest BCUT2D eigenvalue weighted by molar-refractivity contribution is 7.92. The van der Waals surface area contributed by atoms with Crippen LogP contribution in [0.4, 0.5) is 5.69 Å². The van der Waals surface area contributed by atoms with Gasteiger partial charge in [0.05, 0.1) is 11.2 Å². The van der Waals surface area contributed by atoms with E-state index in [1.807, 2.05) is 0 Å². The predicted octanol–water partition coefficient (Wildman–Crippen LogP) is 2.76. The quantitative estimate of drug-likeness (QED) is 0.742. The average Bonchev–Trinajstić information content (AvgIpc) is 3.09. The van der Waals surface area contributed by atoms with Gasteiger partial charge in [0.15, 0.2) is 0 Å². The molecule has 3 aromatic rings. The van der Waals surface area contributed by atoms with Crippen molar-refractivity contribution >= 4 is 25.7 Å². The maximum absolute atomic E-state index is 12.6. The van der Waals surface area contributed by atoms with E-state index in [0.29, 0.717) is 5.69 Å².